The van der Waals surface area contributed by atoms with Gasteiger partial charge in [-0.15, -0.1) is 0 Å². The maximum absolute atomic E-state index is 11.8. The molecule has 4 nitrogen and oxygen atoms in total. The second kappa shape index (κ2) is 4.59. The summed E-state index contributed by atoms with van der Waals surface area (Å²) < 4.78 is 0. The van der Waals surface area contributed by atoms with Crippen LogP contribution >= 0.6 is 0 Å². The van der Waals surface area contributed by atoms with E-state index in [4.69, 9.17) is 5.84 Å². The molecule has 22 heavy (non-hydrogen) atoms. The quantitative estimate of drug-likeness (QED) is 0.533. The summed E-state index contributed by atoms with van der Waals surface area (Å²) in [5, 5.41) is 7.29. The Hall–Kier alpha value is -1.32. The van der Waals surface area contributed by atoms with Gasteiger partial charge in [0.2, 0.25) is 5.91 Å². The van der Waals surface area contributed by atoms with Crippen LogP contribution in [0.1, 0.15) is 58.8 Å². The molecular weight excluding hydrogens is 274 g/mol. The molecule has 1 amide bonds. The Bertz CT molecular complexity index is 581. The second-order valence-electron chi connectivity index (χ2n) is 8.27. The topological polar surface area (TPSA) is 67.5 Å². The maximum atomic E-state index is 11.8. The van der Waals surface area contributed by atoms with E-state index in [1.807, 2.05) is 0 Å². The predicted molar refractivity (Wildman–Crippen MR) is 86.9 cm³/mol. The molecule has 2 saturated carbocycles. The van der Waals surface area contributed by atoms with Gasteiger partial charge in [0.25, 0.3) is 0 Å². The molecule has 3 fully saturated rings. The Balaban J connectivity index is 1.70. The van der Waals surface area contributed by atoms with Crippen LogP contribution in [0.15, 0.2) is 16.9 Å². The number of hydrogen-bond donors (Lipinski definition) is 2. The lowest BCUT2D eigenvalue weighted by Crippen LogP contribution is -2.53. The lowest BCUT2D eigenvalue weighted by molar-refractivity contribution is -0.124. The molecule has 0 aromatic carbocycles. The zero-order valence-electron chi connectivity index (χ0n) is 13.7. The van der Waals surface area contributed by atoms with Gasteiger partial charge in [0.05, 0.1) is 0 Å². The first kappa shape index (κ1) is 14.3. The molecule has 3 N–H and O–H groups in total. The van der Waals surface area contributed by atoms with Crippen molar-refractivity contribution in [3.8, 4) is 0 Å². The Labute approximate surface area is 132 Å². The molecule has 120 valence electrons. The van der Waals surface area contributed by atoms with E-state index >= 15 is 0 Å². The first-order valence-electron chi connectivity index (χ1n) is 8.77. The lowest BCUT2D eigenvalue weighted by atomic mass is 9.50. The standard InChI is InChI=1S/C18H27N3O/c1-17-10-8-16(22)20-14(17)5-3-11-12-4-6-15(21-19)18(12,2)9-7-13(11)17/h5,11-13H,3-4,6-10,19H2,1-2H3,(H,20,22)/b21-15-/t11-,12-,13-,17+,18-/m0/s1. The van der Waals surface area contributed by atoms with Gasteiger partial charge in [-0.1, -0.05) is 19.9 Å². The Morgan fingerprint density at radius 1 is 1.18 bits per heavy atom. The van der Waals surface area contributed by atoms with Gasteiger partial charge in [-0.2, -0.15) is 5.10 Å². The number of nitrogens with one attached hydrogen (secondary N) is 1. The first-order valence-corrected chi connectivity index (χ1v) is 8.77. The van der Waals surface area contributed by atoms with Gasteiger partial charge in [0.15, 0.2) is 0 Å². The summed E-state index contributed by atoms with van der Waals surface area (Å²) in [4.78, 5) is 11.8. The Kier molecular flexibility index (Phi) is 2.98. The molecule has 0 unspecified atom stereocenters. The molecule has 0 aromatic heterocycles. The van der Waals surface area contributed by atoms with Crippen molar-refractivity contribution < 1.29 is 4.79 Å². The fourth-order valence-corrected chi connectivity index (χ4v) is 6.19. The largest absolute Gasteiger partial charge is 0.330 e. The summed E-state index contributed by atoms with van der Waals surface area (Å²) in [5.41, 5.74) is 2.84. The van der Waals surface area contributed by atoms with E-state index in [9.17, 15) is 4.79 Å². The average Bonchev–Trinajstić information content (AvgIpc) is 2.84. The fourth-order valence-electron chi connectivity index (χ4n) is 6.19. The average molecular weight is 301 g/mol. The van der Waals surface area contributed by atoms with Crippen molar-refractivity contribution in [1.29, 1.82) is 0 Å². The van der Waals surface area contributed by atoms with Crippen molar-refractivity contribution in [2.24, 2.45) is 39.5 Å². The third-order valence-electron chi connectivity index (χ3n) is 7.51. The van der Waals surface area contributed by atoms with Gasteiger partial charge in [0.1, 0.15) is 0 Å². The van der Waals surface area contributed by atoms with Crippen LogP contribution in [-0.2, 0) is 4.79 Å². The van der Waals surface area contributed by atoms with Gasteiger partial charge in [-0.25, -0.2) is 0 Å². The minimum Gasteiger partial charge on any atom is -0.330 e. The summed E-state index contributed by atoms with van der Waals surface area (Å²) in [5.74, 6) is 8.00. The van der Waals surface area contributed by atoms with Crippen LogP contribution in [0.25, 0.3) is 0 Å². The number of fused-ring (bicyclic) bond motifs is 5. The van der Waals surface area contributed by atoms with Gasteiger partial charge in [0, 0.05) is 28.7 Å². The molecule has 1 heterocycles. The van der Waals surface area contributed by atoms with Crippen molar-refractivity contribution in [3.05, 3.63) is 11.8 Å². The number of nitrogens with two attached hydrogens (primary N) is 1. The van der Waals surface area contributed by atoms with Crippen LogP contribution < -0.4 is 11.2 Å². The number of amides is 1. The van der Waals surface area contributed by atoms with E-state index in [1.165, 1.54) is 30.7 Å². The molecule has 0 aromatic rings. The van der Waals surface area contributed by atoms with E-state index < -0.39 is 0 Å². The number of piperidine rings is 1. The number of allylic oxidation sites excluding steroid dienone is 2. The molecule has 5 atom stereocenters. The minimum absolute atomic E-state index is 0.167. The zero-order valence-corrected chi connectivity index (χ0v) is 13.7. The van der Waals surface area contributed by atoms with Gasteiger partial charge >= 0.3 is 0 Å². The highest BCUT2D eigenvalue weighted by atomic mass is 16.1. The zero-order chi connectivity index (χ0) is 15.5. The van der Waals surface area contributed by atoms with Crippen LogP contribution in [-0.4, -0.2) is 11.6 Å². The monoisotopic (exact) mass is 301 g/mol. The van der Waals surface area contributed by atoms with Crippen LogP contribution in [0, 0.1) is 28.6 Å². The van der Waals surface area contributed by atoms with Gasteiger partial charge in [-0.05, 0) is 56.3 Å². The number of nitrogens with zero attached hydrogens (tertiary/aromatic N) is 1. The lowest BCUT2D eigenvalue weighted by Gasteiger charge is -2.56. The second-order valence-corrected chi connectivity index (χ2v) is 8.27. The Morgan fingerprint density at radius 3 is 2.73 bits per heavy atom. The van der Waals surface area contributed by atoms with Crippen LogP contribution in [0.4, 0.5) is 0 Å². The third kappa shape index (κ3) is 1.70. The number of carbonyl (C=O) groups is 1. The van der Waals surface area contributed by atoms with Gasteiger partial charge in [-0.3, -0.25) is 4.79 Å². The summed E-state index contributed by atoms with van der Waals surface area (Å²) in [6.07, 6.45) is 9.85. The molecule has 1 saturated heterocycles. The number of hydrogen-bond acceptors (Lipinski definition) is 3. The van der Waals surface area contributed by atoms with Crippen LogP contribution in [0.2, 0.25) is 0 Å². The summed E-state index contributed by atoms with van der Waals surface area (Å²) in [7, 11) is 0. The SMILES string of the molecule is C[C@]12CCC(=O)NC1=CC[C@@H]1[C@@H]2CC[C@]2(C)/C(=N\N)CC[C@@H]12. The first-order chi connectivity index (χ1) is 10.5. The van der Waals surface area contributed by atoms with Crippen molar-refractivity contribution in [3.63, 3.8) is 0 Å². The van der Waals surface area contributed by atoms with Crippen molar-refractivity contribution >= 4 is 11.6 Å². The molecule has 4 aliphatic rings. The third-order valence-corrected chi connectivity index (χ3v) is 7.51. The van der Waals surface area contributed by atoms with E-state index in [-0.39, 0.29) is 16.7 Å². The number of hydrazone groups is 1. The molecule has 0 radical (unpaired) electrons. The Morgan fingerprint density at radius 2 is 1.95 bits per heavy atom. The van der Waals surface area contributed by atoms with Crippen molar-refractivity contribution in [2.45, 2.75) is 58.8 Å². The summed E-state index contributed by atoms with van der Waals surface area (Å²) >= 11 is 0. The number of rotatable bonds is 0. The summed E-state index contributed by atoms with van der Waals surface area (Å²) in [6, 6.07) is 0. The number of carbonyl (C=O) groups excluding carboxylic acids is 1. The van der Waals surface area contributed by atoms with Crippen molar-refractivity contribution in [1.82, 2.24) is 5.32 Å². The maximum Gasteiger partial charge on any atom is 0.224 e. The molecule has 4 rings (SSSR count). The van der Waals surface area contributed by atoms with Crippen LogP contribution in [0.5, 0.6) is 0 Å². The van der Waals surface area contributed by atoms with E-state index in [1.54, 1.807) is 0 Å². The normalized spacial score (nSPS) is 49.0. The molecule has 0 bridgehead atoms. The highest BCUT2D eigenvalue weighted by molar-refractivity contribution is 5.92. The molecule has 0 spiro atoms. The van der Waals surface area contributed by atoms with E-state index in [0.29, 0.717) is 18.3 Å². The van der Waals surface area contributed by atoms with E-state index in [0.717, 1.165) is 25.2 Å². The van der Waals surface area contributed by atoms with Crippen molar-refractivity contribution in [2.75, 3.05) is 0 Å². The fraction of sp³-hybridized carbons (Fsp3) is 0.778. The highest BCUT2D eigenvalue weighted by Crippen LogP contribution is 2.62. The van der Waals surface area contributed by atoms with Crippen LogP contribution in [0.3, 0.4) is 0 Å². The predicted octanol–water partition coefficient (Wildman–Crippen LogP) is 2.95. The molecule has 4 heteroatoms. The molecule has 1 aliphatic heterocycles. The molecule has 3 aliphatic carbocycles. The highest BCUT2D eigenvalue weighted by Gasteiger charge is 2.58. The molecular formula is C18H27N3O. The van der Waals surface area contributed by atoms with Gasteiger partial charge < -0.3 is 11.2 Å². The van der Waals surface area contributed by atoms with E-state index in [2.05, 4.69) is 30.3 Å². The summed E-state index contributed by atoms with van der Waals surface area (Å²) in [6.45, 7) is 4.77. The minimum atomic E-state index is 0.167. The smallest absolute Gasteiger partial charge is 0.224 e.